The van der Waals surface area contributed by atoms with Gasteiger partial charge in [0.2, 0.25) is 15.9 Å². The van der Waals surface area contributed by atoms with Crippen molar-refractivity contribution in [3.8, 4) is 0 Å². The summed E-state index contributed by atoms with van der Waals surface area (Å²) in [6, 6.07) is 13.8. The van der Waals surface area contributed by atoms with Crippen molar-refractivity contribution in [2.24, 2.45) is 0 Å². The van der Waals surface area contributed by atoms with Gasteiger partial charge in [-0.15, -0.1) is 6.58 Å². The molecular formula is C18H17N3O4S. The molecule has 0 unspecified atom stereocenters. The topological polar surface area (TPSA) is 92.5 Å². The van der Waals surface area contributed by atoms with Crippen LogP contribution in [0.3, 0.4) is 0 Å². The Bertz CT molecular complexity index is 1030. The normalized spacial score (nSPS) is 11.6. The molecule has 3 aromatic rings. The summed E-state index contributed by atoms with van der Waals surface area (Å²) in [5.74, 6) is -0.304. The molecule has 1 aromatic heterocycles. The molecule has 0 aliphatic rings. The number of benzene rings is 2. The van der Waals surface area contributed by atoms with Crippen LogP contribution in [0.25, 0.3) is 10.8 Å². The molecule has 1 N–H and O–H groups in total. The standard InChI is InChI=1S/C18H17N3O4S/c1-2-10-21(13-18(22)19-17-9-11-25-20-17)26(23,24)16-8-7-14-5-3-4-6-15(14)12-16/h2-9,11-12H,1,10,13H2,(H,19,20,22). The zero-order valence-electron chi connectivity index (χ0n) is 13.8. The molecule has 134 valence electrons. The summed E-state index contributed by atoms with van der Waals surface area (Å²) < 4.78 is 31.6. The second kappa shape index (κ2) is 7.51. The van der Waals surface area contributed by atoms with Crippen LogP contribution in [0.15, 0.2) is 76.9 Å². The number of nitrogens with zero attached hydrogens (tertiary/aromatic N) is 2. The summed E-state index contributed by atoms with van der Waals surface area (Å²) >= 11 is 0. The third kappa shape index (κ3) is 3.81. The highest BCUT2D eigenvalue weighted by Crippen LogP contribution is 2.22. The van der Waals surface area contributed by atoms with E-state index in [-0.39, 0.29) is 23.8 Å². The van der Waals surface area contributed by atoms with Gasteiger partial charge in [-0.25, -0.2) is 8.42 Å². The minimum absolute atomic E-state index is 0.00138. The van der Waals surface area contributed by atoms with E-state index in [1.807, 2.05) is 24.3 Å². The molecule has 0 aliphatic heterocycles. The van der Waals surface area contributed by atoms with Crippen LogP contribution in [-0.2, 0) is 14.8 Å². The van der Waals surface area contributed by atoms with Gasteiger partial charge in [0.25, 0.3) is 0 Å². The van der Waals surface area contributed by atoms with Crippen molar-refractivity contribution in [3.63, 3.8) is 0 Å². The SMILES string of the molecule is C=CCN(CC(=O)Nc1ccon1)S(=O)(=O)c1ccc2ccccc2c1. The Kier molecular flexibility index (Phi) is 5.15. The van der Waals surface area contributed by atoms with Crippen molar-refractivity contribution < 1.29 is 17.7 Å². The molecule has 7 nitrogen and oxygen atoms in total. The first-order chi connectivity index (χ1) is 12.5. The third-order valence-electron chi connectivity index (χ3n) is 3.72. The Morgan fingerprint density at radius 1 is 1.19 bits per heavy atom. The lowest BCUT2D eigenvalue weighted by Crippen LogP contribution is -2.38. The van der Waals surface area contributed by atoms with Crippen LogP contribution >= 0.6 is 0 Å². The van der Waals surface area contributed by atoms with Crippen molar-refractivity contribution in [3.05, 3.63) is 67.4 Å². The number of hydrogen-bond acceptors (Lipinski definition) is 5. The van der Waals surface area contributed by atoms with Crippen LogP contribution in [0, 0.1) is 0 Å². The summed E-state index contributed by atoms with van der Waals surface area (Å²) in [5, 5.41) is 7.79. The average Bonchev–Trinajstić information content (AvgIpc) is 3.13. The maximum atomic E-state index is 13.0. The van der Waals surface area contributed by atoms with E-state index in [2.05, 4.69) is 21.6 Å². The summed E-state index contributed by atoms with van der Waals surface area (Å²) in [4.78, 5) is 12.3. The number of amides is 1. The molecule has 2 aromatic carbocycles. The number of hydrogen-bond donors (Lipinski definition) is 1. The summed E-state index contributed by atoms with van der Waals surface area (Å²) in [5.41, 5.74) is 0. The van der Waals surface area contributed by atoms with Crippen LogP contribution in [0.5, 0.6) is 0 Å². The van der Waals surface area contributed by atoms with Crippen LogP contribution in [0.1, 0.15) is 0 Å². The fraction of sp³-hybridized carbons (Fsp3) is 0.111. The second-order valence-corrected chi connectivity index (χ2v) is 7.47. The molecule has 0 saturated heterocycles. The van der Waals surface area contributed by atoms with Gasteiger partial charge in [0, 0.05) is 12.6 Å². The molecule has 0 spiro atoms. The smallest absolute Gasteiger partial charge is 0.243 e. The van der Waals surface area contributed by atoms with E-state index in [4.69, 9.17) is 0 Å². The molecule has 0 saturated carbocycles. The van der Waals surface area contributed by atoms with Gasteiger partial charge in [0.1, 0.15) is 6.26 Å². The Balaban J connectivity index is 1.86. The largest absolute Gasteiger partial charge is 0.363 e. The van der Waals surface area contributed by atoms with Gasteiger partial charge in [-0.1, -0.05) is 41.6 Å². The van der Waals surface area contributed by atoms with Crippen LogP contribution in [-0.4, -0.2) is 36.9 Å². The van der Waals surface area contributed by atoms with Crippen molar-refractivity contribution in [2.45, 2.75) is 4.90 Å². The average molecular weight is 371 g/mol. The monoisotopic (exact) mass is 371 g/mol. The van der Waals surface area contributed by atoms with E-state index in [0.29, 0.717) is 0 Å². The van der Waals surface area contributed by atoms with Crippen molar-refractivity contribution in [2.75, 3.05) is 18.4 Å². The molecule has 8 heteroatoms. The quantitative estimate of drug-likeness (QED) is 0.645. The summed E-state index contributed by atoms with van der Waals surface area (Å²) in [7, 11) is -3.87. The fourth-order valence-electron chi connectivity index (χ4n) is 2.49. The number of fused-ring (bicyclic) bond motifs is 1. The van der Waals surface area contributed by atoms with Gasteiger partial charge in [0.15, 0.2) is 5.82 Å². The number of rotatable bonds is 7. The second-order valence-electron chi connectivity index (χ2n) is 5.53. The van der Waals surface area contributed by atoms with Crippen LogP contribution in [0.2, 0.25) is 0 Å². The van der Waals surface area contributed by atoms with Gasteiger partial charge in [0.05, 0.1) is 11.4 Å². The van der Waals surface area contributed by atoms with E-state index in [1.54, 1.807) is 12.1 Å². The van der Waals surface area contributed by atoms with Crippen molar-refractivity contribution in [1.29, 1.82) is 0 Å². The molecule has 3 rings (SSSR count). The molecular weight excluding hydrogens is 354 g/mol. The Hall–Kier alpha value is -2.97. The molecule has 26 heavy (non-hydrogen) atoms. The maximum Gasteiger partial charge on any atom is 0.243 e. The van der Waals surface area contributed by atoms with Gasteiger partial charge in [-0.05, 0) is 22.9 Å². The minimum Gasteiger partial charge on any atom is -0.363 e. The lowest BCUT2D eigenvalue weighted by molar-refractivity contribution is -0.116. The fourth-order valence-corrected chi connectivity index (χ4v) is 3.89. The maximum absolute atomic E-state index is 13.0. The molecule has 1 heterocycles. The van der Waals surface area contributed by atoms with Gasteiger partial charge in [-0.2, -0.15) is 4.31 Å². The summed E-state index contributed by atoms with van der Waals surface area (Å²) in [6.45, 7) is 3.21. The van der Waals surface area contributed by atoms with Crippen LogP contribution < -0.4 is 5.32 Å². The van der Waals surface area contributed by atoms with E-state index >= 15 is 0 Å². The lowest BCUT2D eigenvalue weighted by atomic mass is 10.1. The van der Waals surface area contributed by atoms with Gasteiger partial charge in [-0.3, -0.25) is 4.79 Å². The first kappa shape index (κ1) is 17.8. The Morgan fingerprint density at radius 2 is 1.96 bits per heavy atom. The van der Waals surface area contributed by atoms with E-state index < -0.39 is 15.9 Å². The Morgan fingerprint density at radius 3 is 2.65 bits per heavy atom. The predicted molar refractivity (Wildman–Crippen MR) is 98.0 cm³/mol. The number of nitrogens with one attached hydrogen (secondary N) is 1. The highest BCUT2D eigenvalue weighted by atomic mass is 32.2. The highest BCUT2D eigenvalue weighted by Gasteiger charge is 2.26. The molecule has 0 atom stereocenters. The Labute approximate surface area is 151 Å². The zero-order chi connectivity index (χ0) is 18.6. The molecule has 0 bridgehead atoms. The summed E-state index contributed by atoms with van der Waals surface area (Å²) in [6.07, 6.45) is 2.74. The number of anilines is 1. The van der Waals surface area contributed by atoms with Gasteiger partial charge < -0.3 is 9.84 Å². The number of sulfonamides is 1. The first-order valence-corrected chi connectivity index (χ1v) is 9.25. The van der Waals surface area contributed by atoms with Crippen molar-refractivity contribution >= 4 is 32.5 Å². The number of carbonyl (C=O) groups excluding carboxylic acids is 1. The predicted octanol–water partition coefficient (Wildman–Crippen LogP) is 2.64. The van der Waals surface area contributed by atoms with Crippen LogP contribution in [0.4, 0.5) is 5.82 Å². The minimum atomic E-state index is -3.87. The van der Waals surface area contributed by atoms with E-state index in [0.717, 1.165) is 15.1 Å². The molecule has 1 amide bonds. The third-order valence-corrected chi connectivity index (χ3v) is 5.52. The van der Waals surface area contributed by atoms with Crippen molar-refractivity contribution in [1.82, 2.24) is 9.46 Å². The molecule has 0 aliphatic carbocycles. The highest BCUT2D eigenvalue weighted by molar-refractivity contribution is 7.89. The van der Waals surface area contributed by atoms with Gasteiger partial charge >= 0.3 is 0 Å². The molecule has 0 fully saturated rings. The zero-order valence-corrected chi connectivity index (χ0v) is 14.6. The van der Waals surface area contributed by atoms with E-state index in [1.165, 1.54) is 24.5 Å². The lowest BCUT2D eigenvalue weighted by Gasteiger charge is -2.20. The number of carbonyl (C=O) groups is 1. The van der Waals surface area contributed by atoms with E-state index in [9.17, 15) is 13.2 Å². The first-order valence-electron chi connectivity index (χ1n) is 7.81. The molecule has 0 radical (unpaired) electrons. The number of aromatic nitrogens is 1.